The maximum absolute atomic E-state index is 12.4. The highest BCUT2D eigenvalue weighted by Crippen LogP contribution is 2.23. The zero-order valence-corrected chi connectivity index (χ0v) is 13.8. The third-order valence-electron chi connectivity index (χ3n) is 3.48. The van der Waals surface area contributed by atoms with Gasteiger partial charge in [0.15, 0.2) is 0 Å². The van der Waals surface area contributed by atoms with Gasteiger partial charge in [-0.2, -0.15) is 13.2 Å². The largest absolute Gasteiger partial charge is 0.471 e. The van der Waals surface area contributed by atoms with Crippen molar-refractivity contribution in [1.82, 2.24) is 9.80 Å². The number of nitrogens with zero attached hydrogens (tertiary/aromatic N) is 2. The van der Waals surface area contributed by atoms with E-state index in [1.807, 2.05) is 0 Å². The van der Waals surface area contributed by atoms with Gasteiger partial charge in [-0.1, -0.05) is 29.3 Å². The smallest absolute Gasteiger partial charge is 0.336 e. The minimum absolute atomic E-state index is 0.0480. The number of hydrogen-bond acceptors (Lipinski definition) is 2. The Labute approximate surface area is 146 Å². The van der Waals surface area contributed by atoms with Crippen molar-refractivity contribution in [3.8, 4) is 0 Å². The molecule has 4 nitrogen and oxygen atoms in total. The van der Waals surface area contributed by atoms with Gasteiger partial charge in [-0.15, -0.1) is 0 Å². The minimum atomic E-state index is -4.89. The lowest BCUT2D eigenvalue weighted by molar-refractivity contribution is -0.187. The summed E-state index contributed by atoms with van der Waals surface area (Å²) in [6, 6.07) is 4.86. The van der Waals surface area contributed by atoms with Crippen LogP contribution in [0.15, 0.2) is 24.3 Å². The van der Waals surface area contributed by atoms with Crippen molar-refractivity contribution in [2.24, 2.45) is 0 Å². The quantitative estimate of drug-likeness (QED) is 0.739. The molecule has 1 saturated heterocycles. The first-order chi connectivity index (χ1) is 11.2. The van der Waals surface area contributed by atoms with Crippen LogP contribution in [0.5, 0.6) is 0 Å². The molecule has 0 N–H and O–H groups in total. The fourth-order valence-corrected chi connectivity index (χ4v) is 2.50. The zero-order valence-electron chi connectivity index (χ0n) is 12.3. The van der Waals surface area contributed by atoms with Gasteiger partial charge in [0, 0.05) is 32.3 Å². The van der Waals surface area contributed by atoms with Crippen LogP contribution in [0.1, 0.15) is 5.56 Å². The van der Waals surface area contributed by atoms with Crippen LogP contribution >= 0.6 is 23.2 Å². The highest BCUT2D eigenvalue weighted by Gasteiger charge is 2.43. The second kappa shape index (κ2) is 7.44. The molecule has 2 amide bonds. The van der Waals surface area contributed by atoms with Gasteiger partial charge >= 0.3 is 12.1 Å². The van der Waals surface area contributed by atoms with Crippen molar-refractivity contribution in [1.29, 1.82) is 0 Å². The summed E-state index contributed by atoms with van der Waals surface area (Å²) >= 11 is 11.7. The van der Waals surface area contributed by atoms with E-state index >= 15 is 0 Å². The van der Waals surface area contributed by atoms with Crippen molar-refractivity contribution in [3.63, 3.8) is 0 Å². The Balaban J connectivity index is 1.92. The first kappa shape index (κ1) is 18.6. The molecule has 0 aromatic heterocycles. The number of amides is 2. The molecule has 1 aromatic rings. The van der Waals surface area contributed by atoms with E-state index < -0.39 is 12.1 Å². The summed E-state index contributed by atoms with van der Waals surface area (Å²) in [5.74, 6) is -2.22. The summed E-state index contributed by atoms with van der Waals surface area (Å²) in [7, 11) is 0. The first-order valence-corrected chi connectivity index (χ1v) is 7.72. The Morgan fingerprint density at radius 1 is 1.00 bits per heavy atom. The molecule has 0 atom stereocenters. The van der Waals surface area contributed by atoms with Crippen LogP contribution in [-0.4, -0.2) is 54.0 Å². The Morgan fingerprint density at radius 3 is 2.12 bits per heavy atom. The molecule has 0 bridgehead atoms. The van der Waals surface area contributed by atoms with Crippen LogP contribution in [0.2, 0.25) is 10.0 Å². The fourth-order valence-electron chi connectivity index (χ4n) is 2.20. The Kier molecular flexibility index (Phi) is 5.77. The molecule has 1 fully saturated rings. The molecule has 24 heavy (non-hydrogen) atoms. The summed E-state index contributed by atoms with van der Waals surface area (Å²) in [4.78, 5) is 25.3. The van der Waals surface area contributed by atoms with Crippen LogP contribution in [0.4, 0.5) is 13.2 Å². The molecule has 1 aromatic carbocycles. The van der Waals surface area contributed by atoms with Crippen LogP contribution in [-0.2, 0) is 9.59 Å². The molecule has 0 spiro atoms. The molecule has 1 aliphatic rings. The van der Waals surface area contributed by atoms with Gasteiger partial charge < -0.3 is 9.80 Å². The van der Waals surface area contributed by atoms with E-state index in [1.165, 1.54) is 17.1 Å². The standard InChI is InChI=1S/C15H13Cl2F3N2O2/c16-11-3-1-10(9-12(11)17)2-4-13(23)21-5-7-22(8-6-21)14(24)15(18,19)20/h1-4,9H,5-8H2/b4-2+. The lowest BCUT2D eigenvalue weighted by Crippen LogP contribution is -2.53. The second-order valence-corrected chi connectivity index (χ2v) is 5.94. The molecule has 0 saturated carbocycles. The van der Waals surface area contributed by atoms with E-state index in [-0.39, 0.29) is 32.1 Å². The van der Waals surface area contributed by atoms with E-state index in [0.29, 0.717) is 20.5 Å². The third kappa shape index (κ3) is 4.64. The zero-order chi connectivity index (χ0) is 17.9. The average molecular weight is 381 g/mol. The number of carbonyl (C=O) groups excluding carboxylic acids is 2. The fraction of sp³-hybridized carbons (Fsp3) is 0.333. The van der Waals surface area contributed by atoms with E-state index in [4.69, 9.17) is 23.2 Å². The highest BCUT2D eigenvalue weighted by molar-refractivity contribution is 6.42. The monoisotopic (exact) mass is 380 g/mol. The summed E-state index contributed by atoms with van der Waals surface area (Å²) in [6.45, 7) is -0.200. The van der Waals surface area contributed by atoms with E-state index in [9.17, 15) is 22.8 Å². The molecular weight excluding hydrogens is 368 g/mol. The molecule has 1 aliphatic heterocycles. The van der Waals surface area contributed by atoms with Gasteiger partial charge in [0.2, 0.25) is 5.91 Å². The van der Waals surface area contributed by atoms with E-state index in [0.717, 1.165) is 0 Å². The summed E-state index contributed by atoms with van der Waals surface area (Å²) in [6.07, 6.45) is -2.04. The Morgan fingerprint density at radius 2 is 1.58 bits per heavy atom. The second-order valence-electron chi connectivity index (χ2n) is 5.12. The van der Waals surface area contributed by atoms with Crippen molar-refractivity contribution in [3.05, 3.63) is 39.9 Å². The number of hydrogen-bond donors (Lipinski definition) is 0. The number of benzene rings is 1. The van der Waals surface area contributed by atoms with Crippen LogP contribution in [0.25, 0.3) is 6.08 Å². The van der Waals surface area contributed by atoms with Gasteiger partial charge in [0.05, 0.1) is 10.0 Å². The van der Waals surface area contributed by atoms with Gasteiger partial charge in [-0.25, -0.2) is 0 Å². The van der Waals surface area contributed by atoms with Gasteiger partial charge in [0.25, 0.3) is 0 Å². The molecule has 0 radical (unpaired) electrons. The molecule has 2 rings (SSSR count). The maximum Gasteiger partial charge on any atom is 0.471 e. The highest BCUT2D eigenvalue weighted by atomic mass is 35.5. The van der Waals surface area contributed by atoms with Gasteiger partial charge in [-0.3, -0.25) is 9.59 Å². The topological polar surface area (TPSA) is 40.6 Å². The predicted molar refractivity (Wildman–Crippen MR) is 84.7 cm³/mol. The first-order valence-electron chi connectivity index (χ1n) is 6.96. The Hall–Kier alpha value is -1.73. The van der Waals surface area contributed by atoms with Crippen molar-refractivity contribution in [2.45, 2.75) is 6.18 Å². The maximum atomic E-state index is 12.4. The Bertz CT molecular complexity index is 669. The van der Waals surface area contributed by atoms with Gasteiger partial charge in [0.1, 0.15) is 0 Å². The van der Waals surface area contributed by atoms with Crippen molar-refractivity contribution >= 4 is 41.1 Å². The van der Waals surface area contributed by atoms with E-state index in [2.05, 4.69) is 0 Å². The number of carbonyl (C=O) groups is 2. The molecule has 0 unspecified atom stereocenters. The molecule has 0 aliphatic carbocycles. The normalized spacial score (nSPS) is 15.9. The SMILES string of the molecule is O=C(/C=C/c1ccc(Cl)c(Cl)c1)N1CCN(C(=O)C(F)(F)F)CC1. The molecule has 9 heteroatoms. The summed E-state index contributed by atoms with van der Waals surface area (Å²) in [5.41, 5.74) is 0.670. The summed E-state index contributed by atoms with van der Waals surface area (Å²) < 4.78 is 37.1. The average Bonchev–Trinajstić information content (AvgIpc) is 2.54. The minimum Gasteiger partial charge on any atom is -0.336 e. The third-order valence-corrected chi connectivity index (χ3v) is 4.22. The lowest BCUT2D eigenvalue weighted by Gasteiger charge is -2.34. The van der Waals surface area contributed by atoms with Crippen molar-refractivity contribution < 1.29 is 22.8 Å². The number of halogens is 5. The van der Waals surface area contributed by atoms with Crippen LogP contribution in [0, 0.1) is 0 Å². The summed E-state index contributed by atoms with van der Waals surface area (Å²) in [5, 5.41) is 0.746. The predicted octanol–water partition coefficient (Wildman–Crippen LogP) is 3.24. The van der Waals surface area contributed by atoms with Crippen molar-refractivity contribution in [2.75, 3.05) is 26.2 Å². The number of piperazine rings is 1. The molecule has 1 heterocycles. The molecule has 130 valence electrons. The van der Waals surface area contributed by atoms with Gasteiger partial charge in [-0.05, 0) is 23.8 Å². The number of alkyl halides is 3. The van der Waals surface area contributed by atoms with Crippen LogP contribution in [0.3, 0.4) is 0 Å². The number of rotatable bonds is 2. The lowest BCUT2D eigenvalue weighted by atomic mass is 10.2. The van der Waals surface area contributed by atoms with Crippen LogP contribution < -0.4 is 0 Å². The van der Waals surface area contributed by atoms with E-state index in [1.54, 1.807) is 18.2 Å². The molecular formula is C15H13Cl2F3N2O2.